The first-order valence-electron chi connectivity index (χ1n) is 8.52. The minimum Gasteiger partial charge on any atom is -0.451 e. The molecule has 0 unspecified atom stereocenters. The molecule has 1 aromatic carbocycles. The van der Waals surface area contributed by atoms with Crippen molar-refractivity contribution >= 4 is 46.7 Å². The van der Waals surface area contributed by atoms with Gasteiger partial charge in [-0.15, -0.1) is 0 Å². The Morgan fingerprint density at radius 1 is 1.07 bits per heavy atom. The molecule has 0 saturated carbocycles. The standard InChI is InChI=1S/C19H19ClN4O5/c1-11(18(27)24-15-5-3-14(4-6-15)23-12(2)25)29-17(26)10-22-19(28)16-9-13(20)7-8-21-16/h3-9,11H,10H2,1-2H3,(H,22,28)(H,23,25)(H,24,27)/t11-/m0/s1. The van der Waals surface area contributed by atoms with Gasteiger partial charge in [0.1, 0.15) is 12.2 Å². The van der Waals surface area contributed by atoms with Gasteiger partial charge in [0, 0.05) is 29.5 Å². The Morgan fingerprint density at radius 3 is 2.28 bits per heavy atom. The summed E-state index contributed by atoms with van der Waals surface area (Å²) >= 11 is 5.78. The molecule has 0 aliphatic rings. The number of aromatic nitrogens is 1. The lowest BCUT2D eigenvalue weighted by Gasteiger charge is -2.14. The van der Waals surface area contributed by atoms with E-state index in [1.165, 1.54) is 32.2 Å². The Labute approximate surface area is 171 Å². The molecule has 0 radical (unpaired) electrons. The van der Waals surface area contributed by atoms with Gasteiger partial charge in [0.25, 0.3) is 11.8 Å². The van der Waals surface area contributed by atoms with Crippen molar-refractivity contribution < 1.29 is 23.9 Å². The largest absolute Gasteiger partial charge is 0.451 e. The number of nitrogens with zero attached hydrogens (tertiary/aromatic N) is 1. The van der Waals surface area contributed by atoms with Crippen LogP contribution >= 0.6 is 11.6 Å². The molecular weight excluding hydrogens is 400 g/mol. The second-order valence-corrected chi connectivity index (χ2v) is 6.36. The van der Waals surface area contributed by atoms with Crippen LogP contribution < -0.4 is 16.0 Å². The average Bonchev–Trinajstić information content (AvgIpc) is 2.67. The Kier molecular flexibility index (Phi) is 7.67. The first kappa shape index (κ1) is 21.8. The molecule has 0 saturated heterocycles. The minimum atomic E-state index is -1.08. The number of anilines is 2. The maximum absolute atomic E-state index is 12.1. The molecule has 3 N–H and O–H groups in total. The summed E-state index contributed by atoms with van der Waals surface area (Å²) in [5, 5.41) is 7.87. The van der Waals surface area contributed by atoms with Gasteiger partial charge in [-0.3, -0.25) is 24.2 Å². The van der Waals surface area contributed by atoms with E-state index in [0.717, 1.165) is 0 Å². The lowest BCUT2D eigenvalue weighted by molar-refractivity contribution is -0.152. The van der Waals surface area contributed by atoms with Crippen LogP contribution in [0.2, 0.25) is 5.02 Å². The van der Waals surface area contributed by atoms with Gasteiger partial charge in [0.05, 0.1) is 0 Å². The third-order valence-electron chi connectivity index (χ3n) is 3.50. The second kappa shape index (κ2) is 10.2. The number of halogens is 1. The maximum atomic E-state index is 12.1. The van der Waals surface area contributed by atoms with E-state index < -0.39 is 30.4 Å². The van der Waals surface area contributed by atoms with Gasteiger partial charge in [0.2, 0.25) is 5.91 Å². The molecule has 0 fully saturated rings. The molecule has 3 amide bonds. The zero-order valence-corrected chi connectivity index (χ0v) is 16.4. The summed E-state index contributed by atoms with van der Waals surface area (Å²) in [6.07, 6.45) is 0.281. The SMILES string of the molecule is CC(=O)Nc1ccc(NC(=O)[C@H](C)OC(=O)CNC(=O)c2cc(Cl)ccn2)cc1. The fourth-order valence-electron chi connectivity index (χ4n) is 2.15. The minimum absolute atomic E-state index is 0.0544. The van der Waals surface area contributed by atoms with Crippen LogP contribution in [-0.4, -0.2) is 41.3 Å². The normalized spacial score (nSPS) is 11.1. The van der Waals surface area contributed by atoms with E-state index >= 15 is 0 Å². The fraction of sp³-hybridized carbons (Fsp3) is 0.211. The molecule has 0 aliphatic heterocycles. The summed E-state index contributed by atoms with van der Waals surface area (Å²) in [5.74, 6) is -2.14. The number of ether oxygens (including phenoxy) is 1. The highest BCUT2D eigenvalue weighted by molar-refractivity contribution is 6.30. The number of hydrogen-bond donors (Lipinski definition) is 3. The molecular formula is C19H19ClN4O5. The van der Waals surface area contributed by atoms with E-state index in [1.807, 2.05) is 0 Å². The molecule has 1 heterocycles. The first-order chi connectivity index (χ1) is 13.7. The monoisotopic (exact) mass is 418 g/mol. The van der Waals surface area contributed by atoms with Crippen LogP contribution in [0.3, 0.4) is 0 Å². The van der Waals surface area contributed by atoms with Crippen molar-refractivity contribution in [2.24, 2.45) is 0 Å². The van der Waals surface area contributed by atoms with E-state index in [1.54, 1.807) is 24.3 Å². The van der Waals surface area contributed by atoms with Crippen molar-refractivity contribution in [2.45, 2.75) is 20.0 Å². The highest BCUT2D eigenvalue weighted by Gasteiger charge is 2.19. The molecule has 0 bridgehead atoms. The van der Waals surface area contributed by atoms with Gasteiger partial charge in [-0.05, 0) is 43.3 Å². The number of pyridine rings is 1. The molecule has 152 valence electrons. The van der Waals surface area contributed by atoms with Crippen LogP contribution in [0.4, 0.5) is 11.4 Å². The lowest BCUT2D eigenvalue weighted by Crippen LogP contribution is -2.36. The predicted octanol–water partition coefficient (Wildman–Crippen LogP) is 1.99. The smallest absolute Gasteiger partial charge is 0.326 e. The van der Waals surface area contributed by atoms with Crippen LogP contribution in [-0.2, 0) is 19.1 Å². The highest BCUT2D eigenvalue weighted by Crippen LogP contribution is 2.14. The third-order valence-corrected chi connectivity index (χ3v) is 3.73. The van der Waals surface area contributed by atoms with Gasteiger partial charge < -0.3 is 20.7 Å². The number of hydrogen-bond acceptors (Lipinski definition) is 6. The van der Waals surface area contributed by atoms with Crippen LogP contribution in [0.25, 0.3) is 0 Å². The van der Waals surface area contributed by atoms with E-state index in [0.29, 0.717) is 16.4 Å². The molecule has 2 rings (SSSR count). The summed E-state index contributed by atoms with van der Waals surface area (Å²) in [7, 11) is 0. The second-order valence-electron chi connectivity index (χ2n) is 5.92. The molecule has 0 aliphatic carbocycles. The number of esters is 1. The molecule has 9 nitrogen and oxygen atoms in total. The van der Waals surface area contributed by atoms with Crippen molar-refractivity contribution in [1.82, 2.24) is 10.3 Å². The summed E-state index contributed by atoms with van der Waals surface area (Å²) < 4.78 is 5.00. The zero-order valence-electron chi connectivity index (χ0n) is 15.7. The van der Waals surface area contributed by atoms with Crippen molar-refractivity contribution in [1.29, 1.82) is 0 Å². The van der Waals surface area contributed by atoms with E-state index in [-0.39, 0.29) is 11.6 Å². The van der Waals surface area contributed by atoms with E-state index in [9.17, 15) is 19.2 Å². The van der Waals surface area contributed by atoms with Gasteiger partial charge >= 0.3 is 5.97 Å². The number of benzene rings is 1. The third kappa shape index (κ3) is 7.23. The van der Waals surface area contributed by atoms with Crippen LogP contribution in [0, 0.1) is 0 Å². The Morgan fingerprint density at radius 2 is 1.69 bits per heavy atom. The molecule has 0 spiro atoms. The van der Waals surface area contributed by atoms with Gasteiger partial charge in [-0.25, -0.2) is 0 Å². The summed E-state index contributed by atoms with van der Waals surface area (Å²) in [6, 6.07) is 9.29. The molecule has 1 atom stereocenters. The quantitative estimate of drug-likeness (QED) is 0.590. The number of carbonyl (C=O) groups is 4. The number of rotatable bonds is 7. The zero-order chi connectivity index (χ0) is 21.4. The van der Waals surface area contributed by atoms with Gasteiger partial charge in [-0.2, -0.15) is 0 Å². The maximum Gasteiger partial charge on any atom is 0.326 e. The number of nitrogens with one attached hydrogen (secondary N) is 3. The Hall–Kier alpha value is -3.46. The fourth-order valence-corrected chi connectivity index (χ4v) is 2.31. The van der Waals surface area contributed by atoms with Crippen LogP contribution in [0.1, 0.15) is 24.3 Å². The molecule has 10 heteroatoms. The van der Waals surface area contributed by atoms with Gasteiger partial charge in [-0.1, -0.05) is 11.6 Å². The summed E-state index contributed by atoms with van der Waals surface area (Å²) in [4.78, 5) is 50.7. The van der Waals surface area contributed by atoms with Crippen molar-refractivity contribution in [3.05, 3.63) is 53.3 Å². The molecule has 29 heavy (non-hydrogen) atoms. The first-order valence-corrected chi connectivity index (χ1v) is 8.90. The van der Waals surface area contributed by atoms with E-state index in [4.69, 9.17) is 16.3 Å². The van der Waals surface area contributed by atoms with Crippen LogP contribution in [0.15, 0.2) is 42.6 Å². The Balaban J connectivity index is 1.80. The van der Waals surface area contributed by atoms with Gasteiger partial charge in [0.15, 0.2) is 6.10 Å². The Bertz CT molecular complexity index is 917. The van der Waals surface area contributed by atoms with Crippen LogP contribution in [0.5, 0.6) is 0 Å². The summed E-state index contributed by atoms with van der Waals surface area (Å²) in [5.41, 5.74) is 1.10. The van der Waals surface area contributed by atoms with Crippen molar-refractivity contribution in [3.8, 4) is 0 Å². The van der Waals surface area contributed by atoms with Crippen molar-refractivity contribution in [3.63, 3.8) is 0 Å². The van der Waals surface area contributed by atoms with Crippen molar-refractivity contribution in [2.75, 3.05) is 17.2 Å². The number of amides is 3. The summed E-state index contributed by atoms with van der Waals surface area (Å²) in [6.45, 7) is 2.36. The predicted molar refractivity (Wildman–Crippen MR) is 107 cm³/mol. The highest BCUT2D eigenvalue weighted by atomic mass is 35.5. The lowest BCUT2D eigenvalue weighted by atomic mass is 10.2. The molecule has 1 aromatic heterocycles. The van der Waals surface area contributed by atoms with E-state index in [2.05, 4.69) is 20.9 Å². The molecule has 2 aromatic rings. The average molecular weight is 419 g/mol. The topological polar surface area (TPSA) is 126 Å². The number of carbonyl (C=O) groups excluding carboxylic acids is 4.